The standard InChI is InChI=1S/C11H11N3O/c15-11-9-6-12-7-10(9)13-14(11)8-4-2-1-3-5-8/h1-5,9,12H,6-7H2. The lowest BCUT2D eigenvalue weighted by Crippen LogP contribution is -2.28. The zero-order chi connectivity index (χ0) is 10.3. The lowest BCUT2D eigenvalue weighted by molar-refractivity contribution is -0.119. The van der Waals surface area contributed by atoms with Gasteiger partial charge in [-0.25, -0.2) is 5.01 Å². The molecule has 2 heterocycles. The number of carbonyl (C=O) groups excluding carboxylic acids is 1. The van der Waals surface area contributed by atoms with Crippen LogP contribution >= 0.6 is 0 Å². The third-order valence-corrected chi connectivity index (χ3v) is 2.79. The third-order valence-electron chi connectivity index (χ3n) is 2.79. The molecule has 0 radical (unpaired) electrons. The van der Waals surface area contributed by atoms with Crippen LogP contribution in [-0.2, 0) is 4.79 Å². The number of hydrogen-bond donors (Lipinski definition) is 1. The predicted octanol–water partition coefficient (Wildman–Crippen LogP) is 0.609. The van der Waals surface area contributed by atoms with E-state index in [0.717, 1.165) is 24.5 Å². The van der Waals surface area contributed by atoms with Gasteiger partial charge in [0.1, 0.15) is 0 Å². The molecule has 1 atom stereocenters. The van der Waals surface area contributed by atoms with Crippen molar-refractivity contribution in [1.82, 2.24) is 5.32 Å². The van der Waals surface area contributed by atoms with Crippen LogP contribution < -0.4 is 10.3 Å². The Morgan fingerprint density at radius 3 is 2.87 bits per heavy atom. The molecule has 4 nitrogen and oxygen atoms in total. The van der Waals surface area contributed by atoms with Gasteiger partial charge in [0.2, 0.25) is 0 Å². The van der Waals surface area contributed by atoms with E-state index in [0.29, 0.717) is 0 Å². The van der Waals surface area contributed by atoms with Gasteiger partial charge in [-0.15, -0.1) is 0 Å². The third kappa shape index (κ3) is 1.26. The second-order valence-electron chi connectivity index (χ2n) is 3.76. The molecule has 0 saturated carbocycles. The average molecular weight is 201 g/mol. The van der Waals surface area contributed by atoms with E-state index in [1.54, 1.807) is 0 Å². The van der Waals surface area contributed by atoms with E-state index in [2.05, 4.69) is 10.4 Å². The molecule has 4 heteroatoms. The highest BCUT2D eigenvalue weighted by atomic mass is 16.2. The lowest BCUT2D eigenvalue weighted by Gasteiger charge is -2.13. The smallest absolute Gasteiger partial charge is 0.257 e. The van der Waals surface area contributed by atoms with Crippen molar-refractivity contribution >= 4 is 17.3 Å². The number of hydrazone groups is 1. The van der Waals surface area contributed by atoms with Crippen LogP contribution in [0.25, 0.3) is 0 Å². The van der Waals surface area contributed by atoms with E-state index in [1.807, 2.05) is 30.3 Å². The Hall–Kier alpha value is -1.68. The molecule has 0 aliphatic carbocycles. The zero-order valence-electron chi connectivity index (χ0n) is 8.18. The Bertz CT molecular complexity index is 427. The molecule has 1 N–H and O–H groups in total. The van der Waals surface area contributed by atoms with Crippen molar-refractivity contribution in [3.05, 3.63) is 30.3 Å². The van der Waals surface area contributed by atoms with Crippen molar-refractivity contribution in [2.75, 3.05) is 18.1 Å². The van der Waals surface area contributed by atoms with Crippen molar-refractivity contribution in [1.29, 1.82) is 0 Å². The molecule has 2 aliphatic rings. The van der Waals surface area contributed by atoms with E-state index < -0.39 is 0 Å². The van der Waals surface area contributed by atoms with Gasteiger partial charge in [0.25, 0.3) is 5.91 Å². The molecule has 1 unspecified atom stereocenters. The summed E-state index contributed by atoms with van der Waals surface area (Å²) in [5.74, 6) is 0.0476. The predicted molar refractivity (Wildman–Crippen MR) is 57.7 cm³/mol. The number of hydrogen-bond acceptors (Lipinski definition) is 3. The molecule has 1 aromatic carbocycles. The Morgan fingerprint density at radius 2 is 2.13 bits per heavy atom. The number of benzene rings is 1. The number of carbonyl (C=O) groups is 1. The number of para-hydroxylation sites is 1. The van der Waals surface area contributed by atoms with E-state index in [1.165, 1.54) is 5.01 Å². The molecule has 1 saturated heterocycles. The molecule has 76 valence electrons. The highest BCUT2D eigenvalue weighted by Crippen LogP contribution is 2.24. The molecule has 1 amide bonds. The zero-order valence-corrected chi connectivity index (χ0v) is 8.18. The molecule has 1 aromatic rings. The van der Waals surface area contributed by atoms with Gasteiger partial charge in [-0.1, -0.05) is 18.2 Å². The van der Waals surface area contributed by atoms with E-state index in [9.17, 15) is 4.79 Å². The fraction of sp³-hybridized carbons (Fsp3) is 0.273. The lowest BCUT2D eigenvalue weighted by atomic mass is 10.1. The number of amides is 1. The topological polar surface area (TPSA) is 44.7 Å². The second-order valence-corrected chi connectivity index (χ2v) is 3.76. The molecular weight excluding hydrogens is 190 g/mol. The molecule has 0 spiro atoms. The summed E-state index contributed by atoms with van der Waals surface area (Å²) in [5, 5.41) is 9.00. The first kappa shape index (κ1) is 8.61. The molecule has 0 bridgehead atoms. The largest absolute Gasteiger partial charge is 0.310 e. The van der Waals surface area contributed by atoms with Crippen LogP contribution in [0, 0.1) is 5.92 Å². The first-order valence-electron chi connectivity index (χ1n) is 5.03. The summed E-state index contributed by atoms with van der Waals surface area (Å²) in [6.07, 6.45) is 0. The molecule has 0 aromatic heterocycles. The first-order chi connectivity index (χ1) is 7.36. The van der Waals surface area contributed by atoms with Gasteiger partial charge in [0, 0.05) is 13.1 Å². The van der Waals surface area contributed by atoms with Crippen molar-refractivity contribution in [3.8, 4) is 0 Å². The number of anilines is 1. The van der Waals surface area contributed by atoms with Crippen molar-refractivity contribution in [2.24, 2.45) is 11.0 Å². The molecule has 15 heavy (non-hydrogen) atoms. The summed E-state index contributed by atoms with van der Waals surface area (Å²) in [5.41, 5.74) is 1.81. The highest BCUT2D eigenvalue weighted by Gasteiger charge is 2.39. The summed E-state index contributed by atoms with van der Waals surface area (Å²) < 4.78 is 0. The second kappa shape index (κ2) is 3.17. The summed E-state index contributed by atoms with van der Waals surface area (Å²) in [7, 11) is 0. The minimum Gasteiger partial charge on any atom is -0.310 e. The Morgan fingerprint density at radius 1 is 1.33 bits per heavy atom. The Labute approximate surface area is 87.6 Å². The molecule has 3 rings (SSSR count). The molecular formula is C11H11N3O. The fourth-order valence-electron chi connectivity index (χ4n) is 2.00. The number of nitrogens with one attached hydrogen (secondary N) is 1. The first-order valence-corrected chi connectivity index (χ1v) is 5.03. The van der Waals surface area contributed by atoms with Gasteiger partial charge in [-0.3, -0.25) is 4.79 Å². The van der Waals surface area contributed by atoms with E-state index in [4.69, 9.17) is 0 Å². The van der Waals surface area contributed by atoms with Crippen LogP contribution in [0.3, 0.4) is 0 Å². The van der Waals surface area contributed by atoms with Crippen LogP contribution in [0.4, 0.5) is 5.69 Å². The number of rotatable bonds is 1. The van der Waals surface area contributed by atoms with Crippen molar-refractivity contribution < 1.29 is 4.79 Å². The van der Waals surface area contributed by atoms with Gasteiger partial charge >= 0.3 is 0 Å². The monoisotopic (exact) mass is 201 g/mol. The Kier molecular flexibility index (Phi) is 1.82. The minimum atomic E-state index is -0.0368. The van der Waals surface area contributed by atoms with Crippen LogP contribution in [-0.4, -0.2) is 24.7 Å². The maximum Gasteiger partial charge on any atom is 0.257 e. The van der Waals surface area contributed by atoms with Crippen LogP contribution in [0.1, 0.15) is 0 Å². The average Bonchev–Trinajstić information content (AvgIpc) is 2.83. The number of nitrogens with zero attached hydrogens (tertiary/aromatic N) is 2. The summed E-state index contributed by atoms with van der Waals surface area (Å²) in [6, 6.07) is 9.55. The quantitative estimate of drug-likeness (QED) is 0.723. The Balaban J connectivity index is 1.97. The maximum absolute atomic E-state index is 12.0. The summed E-state index contributed by atoms with van der Waals surface area (Å²) in [4.78, 5) is 12.0. The van der Waals surface area contributed by atoms with Gasteiger partial charge in [-0.2, -0.15) is 5.10 Å². The van der Waals surface area contributed by atoms with Crippen LogP contribution in [0.2, 0.25) is 0 Å². The van der Waals surface area contributed by atoms with Gasteiger partial charge < -0.3 is 5.32 Å². The van der Waals surface area contributed by atoms with Gasteiger partial charge in [0.05, 0.1) is 17.3 Å². The summed E-state index contributed by atoms with van der Waals surface area (Å²) >= 11 is 0. The van der Waals surface area contributed by atoms with Crippen LogP contribution in [0.5, 0.6) is 0 Å². The molecule has 1 fully saturated rings. The fourth-order valence-corrected chi connectivity index (χ4v) is 2.00. The van der Waals surface area contributed by atoms with E-state index >= 15 is 0 Å². The van der Waals surface area contributed by atoms with Crippen molar-refractivity contribution in [3.63, 3.8) is 0 Å². The van der Waals surface area contributed by atoms with E-state index in [-0.39, 0.29) is 11.8 Å². The molecule has 2 aliphatic heterocycles. The normalized spacial score (nSPS) is 24.3. The SMILES string of the molecule is O=C1C2CNCC2=NN1c1ccccc1. The summed E-state index contributed by atoms with van der Waals surface area (Å²) in [6.45, 7) is 1.46. The van der Waals surface area contributed by atoms with Crippen LogP contribution in [0.15, 0.2) is 35.4 Å². The maximum atomic E-state index is 12.0. The van der Waals surface area contributed by atoms with Gasteiger partial charge in [0.15, 0.2) is 0 Å². The number of fused-ring (bicyclic) bond motifs is 1. The van der Waals surface area contributed by atoms with Gasteiger partial charge in [-0.05, 0) is 12.1 Å². The highest BCUT2D eigenvalue weighted by molar-refractivity contribution is 6.17. The minimum absolute atomic E-state index is 0.0368. The van der Waals surface area contributed by atoms with Crippen molar-refractivity contribution in [2.45, 2.75) is 0 Å².